The largest absolute Gasteiger partial charge is 0.489 e. The summed E-state index contributed by atoms with van der Waals surface area (Å²) in [6, 6.07) is 13.0. The van der Waals surface area contributed by atoms with Crippen molar-refractivity contribution < 1.29 is 19.0 Å². The second-order valence-electron chi connectivity index (χ2n) is 5.29. The van der Waals surface area contributed by atoms with Crippen molar-refractivity contribution in [2.45, 2.75) is 0 Å². The van der Waals surface area contributed by atoms with Gasteiger partial charge >= 0.3 is 6.09 Å². The van der Waals surface area contributed by atoms with Gasteiger partial charge in [0.05, 0.1) is 17.6 Å². The Kier molecular flexibility index (Phi) is 4.65. The van der Waals surface area contributed by atoms with E-state index in [4.69, 9.17) is 9.84 Å². The van der Waals surface area contributed by atoms with Gasteiger partial charge in [-0.25, -0.2) is 9.18 Å². The van der Waals surface area contributed by atoms with Crippen LogP contribution in [0.3, 0.4) is 0 Å². The number of hydrogen-bond donors (Lipinski definition) is 3. The van der Waals surface area contributed by atoms with E-state index in [1.807, 2.05) is 30.3 Å². The first kappa shape index (κ1) is 16.5. The Bertz CT molecular complexity index is 970. The predicted octanol–water partition coefficient (Wildman–Crippen LogP) is 2.98. The molecule has 2 aromatic carbocycles. The molecule has 0 spiro atoms. The van der Waals surface area contributed by atoms with E-state index in [2.05, 4.69) is 10.3 Å². The van der Waals surface area contributed by atoms with Crippen LogP contribution in [0.15, 0.2) is 53.3 Å². The summed E-state index contributed by atoms with van der Waals surface area (Å²) in [6.45, 7) is 0.135. The molecule has 3 aromatic rings. The number of H-pyrrole nitrogens is 1. The zero-order valence-corrected chi connectivity index (χ0v) is 13.1. The van der Waals surface area contributed by atoms with Gasteiger partial charge in [0.25, 0.3) is 5.56 Å². The molecule has 1 aromatic heterocycles. The summed E-state index contributed by atoms with van der Waals surface area (Å²) < 4.78 is 19.2. The molecule has 1 heterocycles. The maximum absolute atomic E-state index is 13.5. The number of carbonyl (C=O) groups is 1. The zero-order valence-electron chi connectivity index (χ0n) is 13.1. The average Bonchev–Trinajstić information content (AvgIpc) is 2.60. The predicted molar refractivity (Wildman–Crippen MR) is 91.5 cm³/mol. The van der Waals surface area contributed by atoms with Crippen molar-refractivity contribution in [1.82, 2.24) is 10.3 Å². The Morgan fingerprint density at radius 2 is 1.92 bits per heavy atom. The second kappa shape index (κ2) is 7.04. The summed E-state index contributed by atoms with van der Waals surface area (Å²) in [5.74, 6) is -0.156. The SMILES string of the molecule is O=C(O)NCCOc1c(-c2ccccc2)[nH]c(=O)c2cc(F)ccc12. The van der Waals surface area contributed by atoms with Crippen LogP contribution in [0.1, 0.15) is 0 Å². The van der Waals surface area contributed by atoms with Gasteiger partial charge in [-0.2, -0.15) is 0 Å². The number of ether oxygens (including phenoxy) is 1. The van der Waals surface area contributed by atoms with Gasteiger partial charge in [0.1, 0.15) is 12.4 Å². The molecular formula is C18H15FN2O4. The van der Waals surface area contributed by atoms with E-state index in [1.165, 1.54) is 12.1 Å². The van der Waals surface area contributed by atoms with Crippen LogP contribution in [0, 0.1) is 5.82 Å². The van der Waals surface area contributed by atoms with Crippen LogP contribution in [0.4, 0.5) is 9.18 Å². The number of aromatic nitrogens is 1. The topological polar surface area (TPSA) is 91.4 Å². The maximum atomic E-state index is 13.5. The quantitative estimate of drug-likeness (QED) is 0.622. The molecule has 0 saturated carbocycles. The van der Waals surface area contributed by atoms with Crippen LogP contribution >= 0.6 is 0 Å². The third-order valence-electron chi connectivity index (χ3n) is 3.62. The number of aromatic amines is 1. The Hall–Kier alpha value is -3.35. The molecule has 3 N–H and O–H groups in total. The Balaban J connectivity index is 2.10. The van der Waals surface area contributed by atoms with Crippen LogP contribution in [0.5, 0.6) is 5.75 Å². The molecule has 0 radical (unpaired) electrons. The van der Waals surface area contributed by atoms with Gasteiger partial charge < -0.3 is 20.1 Å². The number of fused-ring (bicyclic) bond motifs is 1. The van der Waals surface area contributed by atoms with Crippen molar-refractivity contribution in [1.29, 1.82) is 0 Å². The fourth-order valence-corrected chi connectivity index (χ4v) is 2.54. The van der Waals surface area contributed by atoms with Gasteiger partial charge in [-0.3, -0.25) is 4.79 Å². The lowest BCUT2D eigenvalue weighted by Crippen LogP contribution is -2.26. The summed E-state index contributed by atoms with van der Waals surface area (Å²) in [5.41, 5.74) is 0.761. The third-order valence-corrected chi connectivity index (χ3v) is 3.62. The molecule has 0 atom stereocenters. The van der Waals surface area contributed by atoms with Crippen LogP contribution < -0.4 is 15.6 Å². The standard InChI is InChI=1S/C18H15FN2O4/c19-12-6-7-13-14(10-12)17(22)21-15(11-4-2-1-3-5-11)16(13)25-9-8-20-18(23)24/h1-7,10,20H,8-9H2,(H,21,22)(H,23,24). The van der Waals surface area contributed by atoms with Crippen LogP contribution in [-0.4, -0.2) is 29.3 Å². The van der Waals surface area contributed by atoms with Crippen LogP contribution in [0.2, 0.25) is 0 Å². The summed E-state index contributed by atoms with van der Waals surface area (Å²) >= 11 is 0. The lowest BCUT2D eigenvalue weighted by molar-refractivity contribution is 0.191. The van der Waals surface area contributed by atoms with Gasteiger partial charge in [-0.15, -0.1) is 0 Å². The fraction of sp³-hybridized carbons (Fsp3) is 0.111. The minimum Gasteiger partial charge on any atom is -0.489 e. The number of rotatable bonds is 5. The molecule has 6 nitrogen and oxygen atoms in total. The van der Waals surface area contributed by atoms with Gasteiger partial charge in [0, 0.05) is 10.9 Å². The fourth-order valence-electron chi connectivity index (χ4n) is 2.54. The third kappa shape index (κ3) is 3.60. The van der Waals surface area contributed by atoms with E-state index in [0.29, 0.717) is 16.8 Å². The van der Waals surface area contributed by atoms with Crippen LogP contribution in [0.25, 0.3) is 22.0 Å². The lowest BCUT2D eigenvalue weighted by atomic mass is 10.1. The van der Waals surface area contributed by atoms with Gasteiger partial charge in [0.2, 0.25) is 0 Å². The summed E-state index contributed by atoms with van der Waals surface area (Å²) in [6.07, 6.45) is -1.15. The highest BCUT2D eigenvalue weighted by Gasteiger charge is 2.15. The van der Waals surface area contributed by atoms with Gasteiger partial charge in [0.15, 0.2) is 5.75 Å². The minimum absolute atomic E-state index is 0.0602. The zero-order chi connectivity index (χ0) is 17.8. The number of hydrogen-bond acceptors (Lipinski definition) is 3. The molecule has 0 aliphatic heterocycles. The molecular weight excluding hydrogens is 327 g/mol. The summed E-state index contributed by atoms with van der Waals surface area (Å²) in [4.78, 5) is 25.6. The van der Waals surface area contributed by atoms with E-state index in [1.54, 1.807) is 0 Å². The molecule has 0 aliphatic carbocycles. The molecule has 0 aliphatic rings. The number of amides is 1. The normalized spacial score (nSPS) is 10.6. The molecule has 0 bridgehead atoms. The first-order chi connectivity index (χ1) is 12.1. The van der Waals surface area contributed by atoms with E-state index in [0.717, 1.165) is 11.6 Å². The Labute approximate surface area is 141 Å². The molecule has 0 unspecified atom stereocenters. The number of benzene rings is 2. The monoisotopic (exact) mass is 342 g/mol. The first-order valence-corrected chi connectivity index (χ1v) is 7.57. The molecule has 128 valence electrons. The van der Waals surface area contributed by atoms with Crippen molar-refractivity contribution in [3.63, 3.8) is 0 Å². The van der Waals surface area contributed by atoms with Crippen molar-refractivity contribution >= 4 is 16.9 Å². The Morgan fingerprint density at radius 1 is 1.16 bits per heavy atom. The second-order valence-corrected chi connectivity index (χ2v) is 5.29. The van der Waals surface area contributed by atoms with E-state index >= 15 is 0 Å². The number of carboxylic acid groups (broad SMARTS) is 1. The van der Waals surface area contributed by atoms with Crippen molar-refractivity contribution in [3.05, 3.63) is 64.7 Å². The maximum Gasteiger partial charge on any atom is 0.404 e. The van der Waals surface area contributed by atoms with Gasteiger partial charge in [-0.05, 0) is 18.2 Å². The molecule has 3 rings (SSSR count). The average molecular weight is 342 g/mol. The summed E-state index contributed by atoms with van der Waals surface area (Å²) in [7, 11) is 0. The number of pyridine rings is 1. The smallest absolute Gasteiger partial charge is 0.404 e. The minimum atomic E-state index is -1.15. The number of nitrogens with one attached hydrogen (secondary N) is 2. The molecule has 0 saturated heterocycles. The summed E-state index contributed by atoms with van der Waals surface area (Å²) in [5, 5.41) is 11.5. The van der Waals surface area contributed by atoms with E-state index < -0.39 is 17.5 Å². The lowest BCUT2D eigenvalue weighted by Gasteiger charge is -2.14. The molecule has 1 amide bonds. The van der Waals surface area contributed by atoms with E-state index in [-0.39, 0.29) is 18.5 Å². The first-order valence-electron chi connectivity index (χ1n) is 7.57. The van der Waals surface area contributed by atoms with Gasteiger partial charge in [-0.1, -0.05) is 30.3 Å². The highest BCUT2D eigenvalue weighted by Crippen LogP contribution is 2.33. The number of halogens is 1. The van der Waals surface area contributed by atoms with E-state index in [9.17, 15) is 14.0 Å². The molecule has 0 fully saturated rings. The van der Waals surface area contributed by atoms with Crippen LogP contribution in [-0.2, 0) is 0 Å². The van der Waals surface area contributed by atoms with Crippen molar-refractivity contribution in [2.24, 2.45) is 0 Å². The highest BCUT2D eigenvalue weighted by atomic mass is 19.1. The van der Waals surface area contributed by atoms with Crippen molar-refractivity contribution in [2.75, 3.05) is 13.2 Å². The Morgan fingerprint density at radius 3 is 2.64 bits per heavy atom. The molecule has 7 heteroatoms. The molecule has 25 heavy (non-hydrogen) atoms. The highest BCUT2D eigenvalue weighted by molar-refractivity contribution is 5.92. The van der Waals surface area contributed by atoms with Crippen molar-refractivity contribution in [3.8, 4) is 17.0 Å².